The number of thioether (sulfide) groups is 1. The van der Waals surface area contributed by atoms with Gasteiger partial charge in [0.05, 0.1) is 27.6 Å². The van der Waals surface area contributed by atoms with Crippen LogP contribution in [0.5, 0.6) is 5.75 Å². The van der Waals surface area contributed by atoms with E-state index in [1.165, 1.54) is 22.7 Å². The fourth-order valence-corrected chi connectivity index (χ4v) is 6.12. The van der Waals surface area contributed by atoms with Crippen LogP contribution in [0.3, 0.4) is 0 Å². The number of hydrogen-bond acceptors (Lipinski definition) is 6. The van der Waals surface area contributed by atoms with Gasteiger partial charge in [-0.15, -0.1) is 11.8 Å². The number of nitrogens with one attached hydrogen (secondary N) is 2. The van der Waals surface area contributed by atoms with Crippen LogP contribution in [-0.4, -0.2) is 35.5 Å². The first-order valence-electron chi connectivity index (χ1n) is 14.9. The summed E-state index contributed by atoms with van der Waals surface area (Å²) in [6, 6.07) is 27.3. The maximum Gasteiger partial charge on any atom is 0.272 e. The molecule has 1 atom stereocenters. The average Bonchev–Trinajstić information content (AvgIpc) is 3.36. The molecule has 1 aliphatic heterocycles. The predicted molar refractivity (Wildman–Crippen MR) is 187 cm³/mol. The van der Waals surface area contributed by atoms with Crippen LogP contribution in [0.15, 0.2) is 108 Å². The minimum absolute atomic E-state index is 0.0443. The first kappa shape index (κ1) is 33.8. The van der Waals surface area contributed by atoms with Crippen LogP contribution in [0, 0.1) is 0 Å². The van der Waals surface area contributed by atoms with E-state index in [-0.39, 0.29) is 29.0 Å². The van der Waals surface area contributed by atoms with E-state index >= 15 is 0 Å². The van der Waals surface area contributed by atoms with E-state index in [4.69, 9.17) is 27.9 Å². The van der Waals surface area contributed by atoms with Crippen LogP contribution in [0.2, 0.25) is 10.0 Å². The summed E-state index contributed by atoms with van der Waals surface area (Å²) in [5.74, 6) is -0.931. The van der Waals surface area contributed by atoms with Crippen molar-refractivity contribution in [3.63, 3.8) is 0 Å². The Morgan fingerprint density at radius 3 is 2.36 bits per heavy atom. The molecule has 0 aromatic heterocycles. The monoisotopic (exact) mass is 687 g/mol. The second kappa shape index (κ2) is 15.8. The normalized spacial score (nSPS) is 14.7. The zero-order chi connectivity index (χ0) is 33.3. The summed E-state index contributed by atoms with van der Waals surface area (Å²) in [7, 11) is 0. The maximum absolute atomic E-state index is 13.4. The average molecular weight is 689 g/mol. The molecule has 1 fully saturated rings. The van der Waals surface area contributed by atoms with Gasteiger partial charge < -0.3 is 15.4 Å². The van der Waals surface area contributed by atoms with Crippen molar-refractivity contribution in [3.8, 4) is 5.75 Å². The molecular weight excluding hydrogens is 657 g/mol. The number of unbranched alkanes of at least 4 members (excludes halogenated alkanes) is 1. The highest BCUT2D eigenvalue weighted by Gasteiger charge is 2.40. The second-order valence-corrected chi connectivity index (χ2v) is 12.6. The number of carbonyl (C=O) groups excluding carboxylic acids is 4. The van der Waals surface area contributed by atoms with Gasteiger partial charge in [0.15, 0.2) is 0 Å². The van der Waals surface area contributed by atoms with Crippen LogP contribution < -0.4 is 20.3 Å². The number of amides is 4. The van der Waals surface area contributed by atoms with Crippen molar-refractivity contribution in [2.75, 3.05) is 16.8 Å². The van der Waals surface area contributed by atoms with E-state index in [2.05, 4.69) is 17.6 Å². The highest BCUT2D eigenvalue weighted by molar-refractivity contribution is 8.00. The van der Waals surface area contributed by atoms with Gasteiger partial charge in [-0.3, -0.25) is 19.2 Å². The summed E-state index contributed by atoms with van der Waals surface area (Å²) in [6.45, 7) is 2.70. The smallest absolute Gasteiger partial charge is 0.272 e. The van der Waals surface area contributed by atoms with Crippen LogP contribution in [0.1, 0.15) is 42.1 Å². The highest BCUT2D eigenvalue weighted by atomic mass is 35.5. The first-order valence-corrected chi connectivity index (χ1v) is 16.6. The Morgan fingerprint density at radius 1 is 0.936 bits per heavy atom. The molecule has 11 heteroatoms. The summed E-state index contributed by atoms with van der Waals surface area (Å²) < 4.78 is 5.68. The minimum atomic E-state index is -0.589. The molecule has 8 nitrogen and oxygen atoms in total. The van der Waals surface area contributed by atoms with Crippen molar-refractivity contribution < 1.29 is 23.9 Å². The van der Waals surface area contributed by atoms with Crippen LogP contribution in [0.25, 0.3) is 6.08 Å². The Balaban J connectivity index is 1.25. The van der Waals surface area contributed by atoms with Gasteiger partial charge >= 0.3 is 0 Å². The van der Waals surface area contributed by atoms with E-state index in [9.17, 15) is 19.2 Å². The molecule has 47 heavy (non-hydrogen) atoms. The van der Waals surface area contributed by atoms with E-state index in [0.717, 1.165) is 17.7 Å². The van der Waals surface area contributed by atoms with Gasteiger partial charge in [0.2, 0.25) is 11.8 Å². The summed E-state index contributed by atoms with van der Waals surface area (Å²) in [4.78, 5) is 54.4. The number of halogens is 2. The quantitative estimate of drug-likeness (QED) is 0.0888. The molecule has 2 N–H and O–H groups in total. The van der Waals surface area contributed by atoms with E-state index < -0.39 is 17.1 Å². The van der Waals surface area contributed by atoms with Gasteiger partial charge in [0.25, 0.3) is 11.8 Å². The molecule has 0 aliphatic carbocycles. The first-order chi connectivity index (χ1) is 22.7. The molecular formula is C36H31Cl2N3O5S. The fraction of sp³-hybridized carbons (Fsp3) is 0.167. The zero-order valence-electron chi connectivity index (χ0n) is 25.4. The molecule has 4 aromatic carbocycles. The molecule has 4 amide bonds. The third kappa shape index (κ3) is 8.62. The van der Waals surface area contributed by atoms with Crippen molar-refractivity contribution >= 4 is 76.0 Å². The van der Waals surface area contributed by atoms with E-state index in [0.29, 0.717) is 39.9 Å². The summed E-state index contributed by atoms with van der Waals surface area (Å²) >= 11 is 13.8. The molecule has 4 aromatic rings. The van der Waals surface area contributed by atoms with Gasteiger partial charge in [-0.25, -0.2) is 4.90 Å². The van der Waals surface area contributed by atoms with Crippen molar-refractivity contribution in [1.82, 2.24) is 5.32 Å². The number of rotatable bonds is 12. The molecule has 0 saturated carbocycles. The number of imide groups is 1. The largest absolute Gasteiger partial charge is 0.494 e. The lowest BCUT2D eigenvalue weighted by Crippen LogP contribution is -2.31. The molecule has 5 rings (SSSR count). The topological polar surface area (TPSA) is 105 Å². The van der Waals surface area contributed by atoms with Crippen LogP contribution in [-0.2, 0) is 14.4 Å². The second-order valence-electron chi connectivity index (χ2n) is 10.6. The Labute approximate surface area is 287 Å². The summed E-state index contributed by atoms with van der Waals surface area (Å²) in [6.07, 6.45) is 3.49. The number of benzene rings is 4. The van der Waals surface area contributed by atoms with Crippen molar-refractivity contribution in [2.45, 2.75) is 36.3 Å². The third-order valence-electron chi connectivity index (χ3n) is 7.17. The lowest BCUT2D eigenvalue weighted by molar-refractivity contribution is -0.121. The number of carbonyl (C=O) groups is 4. The predicted octanol–water partition coefficient (Wildman–Crippen LogP) is 8.01. The van der Waals surface area contributed by atoms with Gasteiger partial charge in [0.1, 0.15) is 11.4 Å². The molecule has 1 heterocycles. The standard InChI is InChI=1S/C36H31Cl2N3O5S/c1-2-3-20-46-27-16-14-26(15-17-27)41-32(42)22-31(36(41)45)47-28-18-12-25(13-19-28)39-35(44)30(21-24-10-7-11-29(37)33(24)38)40-34(43)23-8-5-4-6-9-23/h4-19,21,31H,2-3,20,22H2,1H3,(H,39,44)(H,40,43)/b30-21-. The van der Waals surface area contributed by atoms with Crippen molar-refractivity contribution in [2.24, 2.45) is 0 Å². The summed E-state index contributed by atoms with van der Waals surface area (Å²) in [5.41, 5.74) is 1.73. The lowest BCUT2D eigenvalue weighted by atomic mass is 10.1. The molecule has 1 saturated heterocycles. The minimum Gasteiger partial charge on any atom is -0.494 e. The molecule has 0 radical (unpaired) electrons. The lowest BCUT2D eigenvalue weighted by Gasteiger charge is -2.16. The van der Waals surface area contributed by atoms with Gasteiger partial charge in [-0.05, 0) is 84.8 Å². The molecule has 1 unspecified atom stereocenters. The zero-order valence-corrected chi connectivity index (χ0v) is 27.7. The SMILES string of the molecule is CCCCOc1ccc(N2C(=O)CC(Sc3ccc(NC(=O)/C(=C/c4cccc(Cl)c4Cl)NC(=O)c4ccccc4)cc3)C2=O)cc1. The van der Waals surface area contributed by atoms with Gasteiger partial charge in [0, 0.05) is 22.6 Å². The number of hydrogen-bond donors (Lipinski definition) is 2. The van der Waals surface area contributed by atoms with Gasteiger partial charge in [-0.1, -0.05) is 66.9 Å². The van der Waals surface area contributed by atoms with Gasteiger partial charge in [-0.2, -0.15) is 0 Å². The van der Waals surface area contributed by atoms with Crippen molar-refractivity contribution in [1.29, 1.82) is 0 Å². The molecule has 240 valence electrons. The van der Waals surface area contributed by atoms with Crippen LogP contribution >= 0.6 is 35.0 Å². The third-order valence-corrected chi connectivity index (χ3v) is 9.20. The Morgan fingerprint density at radius 2 is 1.66 bits per heavy atom. The Hall–Kier alpha value is -4.57. The molecule has 0 bridgehead atoms. The fourth-order valence-electron chi connectivity index (χ4n) is 4.70. The number of nitrogens with zero attached hydrogens (tertiary/aromatic N) is 1. The molecule has 0 spiro atoms. The summed E-state index contributed by atoms with van der Waals surface area (Å²) in [5, 5.41) is 5.42. The number of ether oxygens (including phenoxy) is 1. The van der Waals surface area contributed by atoms with E-state index in [1.54, 1.807) is 97.1 Å². The molecule has 1 aliphatic rings. The van der Waals surface area contributed by atoms with Crippen molar-refractivity contribution in [3.05, 3.63) is 124 Å². The highest BCUT2D eigenvalue weighted by Crippen LogP contribution is 2.35. The number of anilines is 2. The van der Waals surface area contributed by atoms with E-state index in [1.807, 2.05) is 0 Å². The van der Waals surface area contributed by atoms with Crippen LogP contribution in [0.4, 0.5) is 11.4 Å². The Kier molecular flexibility index (Phi) is 11.4. The maximum atomic E-state index is 13.4. The Bertz CT molecular complexity index is 1800.